The van der Waals surface area contributed by atoms with Gasteiger partial charge >= 0.3 is 0 Å². The molecule has 0 aromatic carbocycles. The monoisotopic (exact) mass is 198 g/mol. The van der Waals surface area contributed by atoms with E-state index in [9.17, 15) is 0 Å². The van der Waals surface area contributed by atoms with Gasteiger partial charge in [0.05, 0.1) is 12.2 Å². The molecule has 2 rings (SSSR count). The van der Waals surface area contributed by atoms with Gasteiger partial charge < -0.3 is 9.64 Å². The highest BCUT2D eigenvalue weighted by Crippen LogP contribution is 2.27. The molecule has 0 aliphatic carbocycles. The molecule has 2 aliphatic rings. The highest BCUT2D eigenvalue weighted by atomic mass is 16.5. The summed E-state index contributed by atoms with van der Waals surface area (Å²) in [4.78, 5) is 4.86. The maximum atomic E-state index is 5.83. The third-order valence-electron chi connectivity index (χ3n) is 3.32. The van der Waals surface area contributed by atoms with Gasteiger partial charge in [-0.3, -0.25) is 4.90 Å². The van der Waals surface area contributed by atoms with Crippen LogP contribution in [0.2, 0.25) is 0 Å². The molecule has 0 N–H and O–H groups in total. The zero-order chi connectivity index (χ0) is 10.1. The van der Waals surface area contributed by atoms with Crippen LogP contribution in [-0.2, 0) is 4.74 Å². The average Bonchev–Trinajstić information content (AvgIpc) is 2.44. The van der Waals surface area contributed by atoms with Crippen LogP contribution >= 0.6 is 0 Å². The molecule has 3 nitrogen and oxygen atoms in total. The maximum Gasteiger partial charge on any atom is 0.0707 e. The fourth-order valence-corrected chi connectivity index (χ4v) is 2.65. The number of hydrogen-bond acceptors (Lipinski definition) is 3. The minimum atomic E-state index is 0.526. The number of morpholine rings is 1. The predicted molar refractivity (Wildman–Crippen MR) is 57.5 cm³/mol. The van der Waals surface area contributed by atoms with Crippen LogP contribution in [-0.4, -0.2) is 61.8 Å². The number of rotatable bonds is 3. The SMILES string of the molecule is CC(CN(C)C)N1CC2CCC(C1)O2. The maximum absolute atomic E-state index is 5.83. The Hall–Kier alpha value is -0.120. The Kier molecular flexibility index (Phi) is 3.10. The van der Waals surface area contributed by atoms with E-state index in [2.05, 4.69) is 30.8 Å². The highest BCUT2D eigenvalue weighted by molar-refractivity contribution is 4.87. The molecule has 82 valence electrons. The van der Waals surface area contributed by atoms with Crippen LogP contribution in [0.3, 0.4) is 0 Å². The standard InChI is InChI=1S/C11H22N2O/c1-9(6-12(2)3)13-7-10-4-5-11(8-13)14-10/h9-11H,4-8H2,1-3H3. The fraction of sp³-hybridized carbons (Fsp3) is 1.00. The molecule has 0 radical (unpaired) electrons. The number of hydrogen-bond donors (Lipinski definition) is 0. The largest absolute Gasteiger partial charge is 0.372 e. The van der Waals surface area contributed by atoms with Crippen LogP contribution in [0.1, 0.15) is 19.8 Å². The lowest BCUT2D eigenvalue weighted by atomic mass is 10.2. The zero-order valence-electron chi connectivity index (χ0n) is 9.57. The van der Waals surface area contributed by atoms with Crippen LogP contribution in [0.25, 0.3) is 0 Å². The first-order chi connectivity index (χ1) is 6.65. The Morgan fingerprint density at radius 1 is 1.29 bits per heavy atom. The van der Waals surface area contributed by atoms with Crippen LogP contribution in [0.5, 0.6) is 0 Å². The molecule has 2 bridgehead atoms. The normalized spacial score (nSPS) is 35.1. The van der Waals surface area contributed by atoms with Gasteiger partial charge in [-0.1, -0.05) is 0 Å². The molecule has 2 saturated heterocycles. The first-order valence-corrected chi connectivity index (χ1v) is 5.69. The quantitative estimate of drug-likeness (QED) is 0.667. The van der Waals surface area contributed by atoms with Crippen molar-refractivity contribution in [1.29, 1.82) is 0 Å². The third kappa shape index (κ3) is 2.27. The summed E-state index contributed by atoms with van der Waals surface area (Å²) in [7, 11) is 4.29. The molecule has 3 atom stereocenters. The van der Waals surface area contributed by atoms with Gasteiger partial charge in [0.2, 0.25) is 0 Å². The van der Waals surface area contributed by atoms with Crippen LogP contribution in [0, 0.1) is 0 Å². The lowest BCUT2D eigenvalue weighted by Crippen LogP contribution is -2.49. The Labute approximate surface area is 87.0 Å². The van der Waals surface area contributed by atoms with Crippen LogP contribution < -0.4 is 0 Å². The second-order valence-electron chi connectivity index (χ2n) is 5.02. The number of nitrogens with zero attached hydrogens (tertiary/aromatic N) is 2. The van der Waals surface area contributed by atoms with Crippen molar-refractivity contribution in [3.05, 3.63) is 0 Å². The van der Waals surface area contributed by atoms with Gasteiger partial charge in [0.1, 0.15) is 0 Å². The number of fused-ring (bicyclic) bond motifs is 2. The molecule has 2 fully saturated rings. The molecule has 2 aliphatic heterocycles. The second kappa shape index (κ2) is 4.17. The number of ether oxygens (including phenoxy) is 1. The number of likely N-dealkylation sites (tertiary alicyclic amines) is 1. The van der Waals surface area contributed by atoms with E-state index in [1.807, 2.05) is 0 Å². The van der Waals surface area contributed by atoms with Gasteiger partial charge in [-0.2, -0.15) is 0 Å². The summed E-state index contributed by atoms with van der Waals surface area (Å²) in [6.45, 7) is 5.77. The minimum Gasteiger partial charge on any atom is -0.372 e. The van der Waals surface area contributed by atoms with Gasteiger partial charge in [-0.05, 0) is 33.9 Å². The molecular weight excluding hydrogens is 176 g/mol. The fourth-order valence-electron chi connectivity index (χ4n) is 2.65. The van der Waals surface area contributed by atoms with Gasteiger partial charge in [0.25, 0.3) is 0 Å². The van der Waals surface area contributed by atoms with E-state index in [0.29, 0.717) is 18.2 Å². The lowest BCUT2D eigenvalue weighted by molar-refractivity contribution is -0.0527. The summed E-state index contributed by atoms with van der Waals surface area (Å²) in [5, 5.41) is 0. The Bertz CT molecular complexity index is 184. The lowest BCUT2D eigenvalue weighted by Gasteiger charge is -2.37. The first kappa shape index (κ1) is 10.4. The second-order valence-corrected chi connectivity index (χ2v) is 5.02. The smallest absolute Gasteiger partial charge is 0.0707 e. The minimum absolute atomic E-state index is 0.526. The summed E-state index contributed by atoms with van der Waals surface area (Å²) in [5.41, 5.74) is 0. The summed E-state index contributed by atoms with van der Waals surface area (Å²) >= 11 is 0. The number of likely N-dealkylation sites (N-methyl/N-ethyl adjacent to an activating group) is 1. The van der Waals surface area contributed by atoms with E-state index < -0.39 is 0 Å². The van der Waals surface area contributed by atoms with Crippen molar-refractivity contribution in [1.82, 2.24) is 9.80 Å². The van der Waals surface area contributed by atoms with Crippen molar-refractivity contribution in [2.24, 2.45) is 0 Å². The predicted octanol–water partition coefficient (Wildman–Crippen LogP) is 0.800. The summed E-state index contributed by atoms with van der Waals surface area (Å²) in [5.74, 6) is 0. The molecule has 0 amide bonds. The van der Waals surface area contributed by atoms with E-state index in [-0.39, 0.29) is 0 Å². The van der Waals surface area contributed by atoms with E-state index in [0.717, 1.165) is 19.6 Å². The van der Waals surface area contributed by atoms with Crippen LogP contribution in [0.4, 0.5) is 0 Å². The van der Waals surface area contributed by atoms with Crippen molar-refractivity contribution in [2.45, 2.75) is 38.0 Å². The van der Waals surface area contributed by atoms with Crippen LogP contribution in [0.15, 0.2) is 0 Å². The van der Waals surface area contributed by atoms with E-state index in [4.69, 9.17) is 4.74 Å². The van der Waals surface area contributed by atoms with Gasteiger partial charge in [0.15, 0.2) is 0 Å². The molecule has 2 heterocycles. The van der Waals surface area contributed by atoms with Gasteiger partial charge in [0, 0.05) is 25.7 Å². The molecule has 14 heavy (non-hydrogen) atoms. The summed E-state index contributed by atoms with van der Waals surface area (Å²) in [6.07, 6.45) is 3.60. The van der Waals surface area contributed by atoms with Gasteiger partial charge in [-0.25, -0.2) is 0 Å². The van der Waals surface area contributed by atoms with Crippen molar-refractivity contribution < 1.29 is 4.74 Å². The molecule has 3 heteroatoms. The van der Waals surface area contributed by atoms with E-state index in [1.165, 1.54) is 12.8 Å². The third-order valence-corrected chi connectivity index (χ3v) is 3.32. The highest BCUT2D eigenvalue weighted by Gasteiger charge is 2.35. The Balaban J connectivity index is 1.86. The van der Waals surface area contributed by atoms with Crippen molar-refractivity contribution in [2.75, 3.05) is 33.7 Å². The summed E-state index contributed by atoms with van der Waals surface area (Å²) in [6, 6.07) is 0.664. The Morgan fingerprint density at radius 2 is 1.86 bits per heavy atom. The average molecular weight is 198 g/mol. The zero-order valence-corrected chi connectivity index (χ0v) is 9.57. The molecule has 0 spiro atoms. The Morgan fingerprint density at radius 3 is 2.36 bits per heavy atom. The first-order valence-electron chi connectivity index (χ1n) is 5.69. The van der Waals surface area contributed by atoms with Crippen molar-refractivity contribution in [3.8, 4) is 0 Å². The molecule has 0 aromatic heterocycles. The molecular formula is C11H22N2O. The van der Waals surface area contributed by atoms with Crippen molar-refractivity contribution in [3.63, 3.8) is 0 Å². The molecule has 0 aromatic rings. The topological polar surface area (TPSA) is 15.7 Å². The van der Waals surface area contributed by atoms with E-state index >= 15 is 0 Å². The van der Waals surface area contributed by atoms with Gasteiger partial charge in [-0.15, -0.1) is 0 Å². The van der Waals surface area contributed by atoms with Crippen molar-refractivity contribution >= 4 is 0 Å². The van der Waals surface area contributed by atoms with E-state index in [1.54, 1.807) is 0 Å². The summed E-state index contributed by atoms with van der Waals surface area (Å²) < 4.78 is 5.83. The molecule has 0 saturated carbocycles. The molecule has 3 unspecified atom stereocenters.